The summed E-state index contributed by atoms with van der Waals surface area (Å²) in [5.74, 6) is 2.97. The lowest BCUT2D eigenvalue weighted by Crippen LogP contribution is -2.03. The number of unbranched alkanes of at least 4 members (excludes halogenated alkanes) is 1. The fraction of sp³-hybridized carbons (Fsp3) is 1.00. The molecule has 90 valence electrons. The average molecular weight is 210 g/mol. The molecule has 0 saturated heterocycles. The van der Waals surface area contributed by atoms with Crippen LogP contribution in [0.1, 0.15) is 78.6 Å². The molecule has 0 N–H and O–H groups in total. The maximum atomic E-state index is 2.47. The summed E-state index contributed by atoms with van der Waals surface area (Å²) in [7, 11) is 0. The molecule has 0 amide bonds. The fourth-order valence-corrected chi connectivity index (χ4v) is 2.98. The van der Waals surface area contributed by atoms with E-state index >= 15 is 0 Å². The van der Waals surface area contributed by atoms with E-state index in [0.717, 1.165) is 17.8 Å². The van der Waals surface area contributed by atoms with Crippen molar-refractivity contribution < 1.29 is 0 Å². The second-order valence-electron chi connectivity index (χ2n) is 6.17. The molecular weight excluding hydrogens is 180 g/mol. The number of hydrogen-bond donors (Lipinski definition) is 0. The summed E-state index contributed by atoms with van der Waals surface area (Å²) in [6, 6.07) is 0. The lowest BCUT2D eigenvalue weighted by atomic mass is 9.90. The molecule has 0 aliphatic heterocycles. The first-order valence-corrected chi connectivity index (χ1v) is 7.18. The standard InChI is InChI=1S/C15H30/c1-13(2)8-4-5-9-14(3)12-15-10-6-7-11-15/h13-15H,4-12H2,1-3H3. The molecule has 0 heteroatoms. The van der Waals surface area contributed by atoms with Crippen LogP contribution < -0.4 is 0 Å². The second-order valence-corrected chi connectivity index (χ2v) is 6.17. The molecule has 1 saturated carbocycles. The Morgan fingerprint density at radius 1 is 0.933 bits per heavy atom. The van der Waals surface area contributed by atoms with Gasteiger partial charge in [0.2, 0.25) is 0 Å². The number of rotatable bonds is 7. The smallest absolute Gasteiger partial charge is 0.0412 e. The number of hydrogen-bond acceptors (Lipinski definition) is 0. The Morgan fingerprint density at radius 2 is 1.53 bits per heavy atom. The van der Waals surface area contributed by atoms with Gasteiger partial charge in [-0.25, -0.2) is 0 Å². The van der Waals surface area contributed by atoms with Crippen molar-refractivity contribution in [1.82, 2.24) is 0 Å². The third-order valence-corrected chi connectivity index (χ3v) is 3.94. The lowest BCUT2D eigenvalue weighted by Gasteiger charge is -2.16. The molecule has 1 rings (SSSR count). The largest absolute Gasteiger partial charge is 0.0628 e. The summed E-state index contributed by atoms with van der Waals surface area (Å²) < 4.78 is 0. The van der Waals surface area contributed by atoms with E-state index in [4.69, 9.17) is 0 Å². The zero-order valence-corrected chi connectivity index (χ0v) is 11.1. The van der Waals surface area contributed by atoms with E-state index in [1.807, 2.05) is 0 Å². The fourth-order valence-electron chi connectivity index (χ4n) is 2.98. The van der Waals surface area contributed by atoms with Crippen molar-refractivity contribution >= 4 is 0 Å². The molecule has 0 aromatic rings. The van der Waals surface area contributed by atoms with E-state index in [1.54, 1.807) is 0 Å². The minimum atomic E-state index is 0.898. The minimum absolute atomic E-state index is 0.898. The van der Waals surface area contributed by atoms with Crippen LogP contribution in [0.4, 0.5) is 0 Å². The van der Waals surface area contributed by atoms with Gasteiger partial charge >= 0.3 is 0 Å². The van der Waals surface area contributed by atoms with Crippen molar-refractivity contribution in [2.75, 3.05) is 0 Å². The third-order valence-electron chi connectivity index (χ3n) is 3.94. The first kappa shape index (κ1) is 13.1. The monoisotopic (exact) mass is 210 g/mol. The van der Waals surface area contributed by atoms with Gasteiger partial charge in [0.1, 0.15) is 0 Å². The molecule has 0 aromatic heterocycles. The van der Waals surface area contributed by atoms with Crippen molar-refractivity contribution in [3.63, 3.8) is 0 Å². The molecule has 0 aromatic carbocycles. The highest BCUT2D eigenvalue weighted by Crippen LogP contribution is 2.31. The lowest BCUT2D eigenvalue weighted by molar-refractivity contribution is 0.364. The molecule has 1 aliphatic carbocycles. The molecule has 0 nitrogen and oxygen atoms in total. The van der Waals surface area contributed by atoms with Crippen molar-refractivity contribution in [1.29, 1.82) is 0 Å². The van der Waals surface area contributed by atoms with Gasteiger partial charge in [0, 0.05) is 0 Å². The Morgan fingerprint density at radius 3 is 2.13 bits per heavy atom. The van der Waals surface area contributed by atoms with Gasteiger partial charge in [-0.05, 0) is 24.2 Å². The third kappa shape index (κ3) is 6.22. The van der Waals surface area contributed by atoms with E-state index < -0.39 is 0 Å². The van der Waals surface area contributed by atoms with Crippen LogP contribution >= 0.6 is 0 Å². The van der Waals surface area contributed by atoms with Gasteiger partial charge in [0.05, 0.1) is 0 Å². The molecule has 15 heavy (non-hydrogen) atoms. The molecule has 0 heterocycles. The molecule has 1 atom stereocenters. The maximum Gasteiger partial charge on any atom is -0.0412 e. The van der Waals surface area contributed by atoms with Crippen LogP contribution in [0.5, 0.6) is 0 Å². The predicted molar refractivity (Wildman–Crippen MR) is 69.0 cm³/mol. The topological polar surface area (TPSA) is 0 Å². The summed E-state index contributed by atoms with van der Waals surface area (Å²) in [4.78, 5) is 0. The van der Waals surface area contributed by atoms with Crippen LogP contribution in [-0.4, -0.2) is 0 Å². The molecule has 0 bridgehead atoms. The first-order valence-electron chi connectivity index (χ1n) is 7.18. The Balaban J connectivity index is 1.95. The van der Waals surface area contributed by atoms with E-state index in [1.165, 1.54) is 57.8 Å². The summed E-state index contributed by atoms with van der Waals surface area (Å²) >= 11 is 0. The maximum absolute atomic E-state index is 2.47. The average Bonchev–Trinajstić information content (AvgIpc) is 2.64. The summed E-state index contributed by atoms with van der Waals surface area (Å²) in [5, 5.41) is 0. The zero-order chi connectivity index (χ0) is 11.1. The van der Waals surface area contributed by atoms with Crippen LogP contribution in [0.3, 0.4) is 0 Å². The Bertz CT molecular complexity index is 142. The van der Waals surface area contributed by atoms with Crippen molar-refractivity contribution in [2.45, 2.75) is 78.6 Å². The quantitative estimate of drug-likeness (QED) is 0.492. The molecular formula is C15H30. The van der Waals surface area contributed by atoms with Crippen molar-refractivity contribution in [3.8, 4) is 0 Å². The highest BCUT2D eigenvalue weighted by atomic mass is 14.2. The molecule has 0 radical (unpaired) electrons. The van der Waals surface area contributed by atoms with Gasteiger partial charge < -0.3 is 0 Å². The van der Waals surface area contributed by atoms with E-state index in [0.29, 0.717) is 0 Å². The molecule has 0 spiro atoms. The summed E-state index contributed by atoms with van der Waals surface area (Å²) in [5.41, 5.74) is 0. The van der Waals surface area contributed by atoms with Crippen LogP contribution in [0.2, 0.25) is 0 Å². The van der Waals surface area contributed by atoms with Crippen LogP contribution in [-0.2, 0) is 0 Å². The highest BCUT2D eigenvalue weighted by Gasteiger charge is 2.17. The van der Waals surface area contributed by atoms with Crippen molar-refractivity contribution in [3.05, 3.63) is 0 Å². The Hall–Kier alpha value is 0. The van der Waals surface area contributed by atoms with E-state index in [-0.39, 0.29) is 0 Å². The summed E-state index contributed by atoms with van der Waals surface area (Å²) in [6.07, 6.45) is 13.4. The Kier molecular flexibility index (Phi) is 6.36. The van der Waals surface area contributed by atoms with E-state index in [2.05, 4.69) is 20.8 Å². The van der Waals surface area contributed by atoms with Crippen LogP contribution in [0, 0.1) is 17.8 Å². The molecule has 1 fully saturated rings. The van der Waals surface area contributed by atoms with Gasteiger partial charge in [-0.15, -0.1) is 0 Å². The van der Waals surface area contributed by atoms with Gasteiger partial charge in [0.25, 0.3) is 0 Å². The van der Waals surface area contributed by atoms with Crippen molar-refractivity contribution in [2.24, 2.45) is 17.8 Å². The van der Waals surface area contributed by atoms with Crippen LogP contribution in [0.25, 0.3) is 0 Å². The highest BCUT2D eigenvalue weighted by molar-refractivity contribution is 4.70. The van der Waals surface area contributed by atoms with Gasteiger partial charge in [-0.2, -0.15) is 0 Å². The zero-order valence-electron chi connectivity index (χ0n) is 11.1. The van der Waals surface area contributed by atoms with E-state index in [9.17, 15) is 0 Å². The molecule has 1 aliphatic rings. The first-order chi connectivity index (χ1) is 7.18. The normalized spacial score (nSPS) is 20.0. The SMILES string of the molecule is CC(C)CCCCC(C)CC1CCCC1. The van der Waals surface area contributed by atoms with Gasteiger partial charge in [-0.3, -0.25) is 0 Å². The van der Waals surface area contributed by atoms with Crippen LogP contribution in [0.15, 0.2) is 0 Å². The predicted octanol–water partition coefficient (Wildman–Crippen LogP) is 5.42. The second kappa shape index (κ2) is 7.30. The van der Waals surface area contributed by atoms with Gasteiger partial charge in [0.15, 0.2) is 0 Å². The van der Waals surface area contributed by atoms with Gasteiger partial charge in [-0.1, -0.05) is 72.1 Å². The molecule has 1 unspecified atom stereocenters. The summed E-state index contributed by atoms with van der Waals surface area (Å²) in [6.45, 7) is 7.14. The minimum Gasteiger partial charge on any atom is -0.0628 e. The Labute approximate surface area is 96.8 Å².